The van der Waals surface area contributed by atoms with Crippen LogP contribution in [0.15, 0.2) is 21.3 Å². The molecule has 0 saturated carbocycles. The van der Waals surface area contributed by atoms with Gasteiger partial charge in [-0.1, -0.05) is 13.8 Å². The first-order valence-electron chi connectivity index (χ1n) is 8.38. The highest BCUT2D eigenvalue weighted by Gasteiger charge is 2.23. The van der Waals surface area contributed by atoms with Crippen molar-refractivity contribution >= 4 is 22.8 Å². The zero-order valence-electron chi connectivity index (χ0n) is 15.3. The molecule has 0 radical (unpaired) electrons. The van der Waals surface area contributed by atoms with E-state index < -0.39 is 23.5 Å². The monoisotopic (exact) mass is 361 g/mol. The number of aromatic hydroxyl groups is 1. The number of rotatable bonds is 6. The summed E-state index contributed by atoms with van der Waals surface area (Å²) in [6, 6.07) is 2.16. The van der Waals surface area contributed by atoms with Crippen molar-refractivity contribution in [3.8, 4) is 5.75 Å². The quantitative estimate of drug-likeness (QED) is 0.680. The van der Waals surface area contributed by atoms with Gasteiger partial charge in [0.2, 0.25) is 5.91 Å². The average molecular weight is 361 g/mol. The third-order valence-corrected chi connectivity index (χ3v) is 4.18. The fraction of sp³-hybridized carbons (Fsp3) is 0.421. The van der Waals surface area contributed by atoms with E-state index in [1.807, 2.05) is 13.8 Å². The van der Waals surface area contributed by atoms with E-state index in [1.165, 1.54) is 0 Å². The number of carboxylic acid groups (broad SMARTS) is 1. The van der Waals surface area contributed by atoms with Gasteiger partial charge < -0.3 is 19.9 Å². The van der Waals surface area contributed by atoms with Gasteiger partial charge in [0.15, 0.2) is 0 Å². The third kappa shape index (κ3) is 4.22. The molecular formula is C19H23NO6. The first kappa shape index (κ1) is 19.5. The lowest BCUT2D eigenvalue weighted by Crippen LogP contribution is -2.42. The van der Waals surface area contributed by atoms with Gasteiger partial charge in [0.05, 0.1) is 17.4 Å². The molecule has 0 unspecified atom stereocenters. The summed E-state index contributed by atoms with van der Waals surface area (Å²) < 4.78 is 5.24. The fourth-order valence-electron chi connectivity index (χ4n) is 2.96. The average Bonchev–Trinajstić information content (AvgIpc) is 2.49. The van der Waals surface area contributed by atoms with Gasteiger partial charge in [0, 0.05) is 0 Å². The van der Waals surface area contributed by atoms with E-state index in [1.54, 1.807) is 26.0 Å². The molecule has 0 aliphatic carbocycles. The standard InChI is InChI=1S/C19H23NO6/c1-9(2)5-13(18(23)24)20-16(22)8-12-11(4)17-14(21)6-10(3)7-15(17)26-19(12)25/h6-7,9,13,21H,5,8H2,1-4H3,(H,20,22)(H,23,24)/t13-/m0/s1. The predicted octanol–water partition coefficient (Wildman–Crippen LogP) is 2.27. The van der Waals surface area contributed by atoms with Gasteiger partial charge in [-0.2, -0.15) is 0 Å². The number of carbonyl (C=O) groups excluding carboxylic acids is 1. The molecule has 0 fully saturated rings. The summed E-state index contributed by atoms with van der Waals surface area (Å²) in [4.78, 5) is 35.8. The molecule has 1 aromatic carbocycles. The summed E-state index contributed by atoms with van der Waals surface area (Å²) in [6.07, 6.45) is -0.0360. The number of phenolic OH excluding ortho intramolecular Hbond substituents is 1. The van der Waals surface area contributed by atoms with Gasteiger partial charge in [0.25, 0.3) is 0 Å². The van der Waals surface area contributed by atoms with Crippen molar-refractivity contribution in [1.82, 2.24) is 5.32 Å². The number of aryl methyl sites for hydroxylation is 2. The first-order valence-corrected chi connectivity index (χ1v) is 8.38. The molecule has 2 rings (SSSR count). The topological polar surface area (TPSA) is 117 Å². The summed E-state index contributed by atoms with van der Waals surface area (Å²) in [5.74, 6) is -1.66. The Balaban J connectivity index is 2.34. The van der Waals surface area contributed by atoms with Crippen molar-refractivity contribution in [2.75, 3.05) is 0 Å². The molecule has 0 aliphatic rings. The second kappa shape index (κ2) is 7.59. The fourth-order valence-corrected chi connectivity index (χ4v) is 2.96. The summed E-state index contributed by atoms with van der Waals surface area (Å²) in [5.41, 5.74) is 0.853. The zero-order valence-corrected chi connectivity index (χ0v) is 15.3. The van der Waals surface area contributed by atoms with Gasteiger partial charge in [-0.3, -0.25) is 4.79 Å². The Morgan fingerprint density at radius 3 is 2.46 bits per heavy atom. The van der Waals surface area contributed by atoms with Crippen LogP contribution in [0.4, 0.5) is 0 Å². The molecule has 1 aromatic heterocycles. The molecule has 2 aromatic rings. The largest absolute Gasteiger partial charge is 0.507 e. The number of nitrogens with one attached hydrogen (secondary N) is 1. The van der Waals surface area contributed by atoms with Gasteiger partial charge in [-0.05, 0) is 49.4 Å². The molecule has 0 saturated heterocycles. The van der Waals surface area contributed by atoms with Crippen LogP contribution in [0.2, 0.25) is 0 Å². The van der Waals surface area contributed by atoms with Crippen LogP contribution in [0.5, 0.6) is 5.75 Å². The van der Waals surface area contributed by atoms with Crippen molar-refractivity contribution in [2.24, 2.45) is 5.92 Å². The van der Waals surface area contributed by atoms with Gasteiger partial charge in [-0.15, -0.1) is 0 Å². The molecular weight excluding hydrogens is 338 g/mol. The minimum absolute atomic E-state index is 0.0360. The molecule has 1 atom stereocenters. The van der Waals surface area contributed by atoms with E-state index >= 15 is 0 Å². The molecule has 0 aliphatic heterocycles. The normalized spacial score (nSPS) is 12.3. The Labute approximate surface area is 150 Å². The molecule has 3 N–H and O–H groups in total. The third-order valence-electron chi connectivity index (χ3n) is 4.18. The second-order valence-electron chi connectivity index (χ2n) is 6.91. The number of hydrogen-bond acceptors (Lipinski definition) is 5. The van der Waals surface area contributed by atoms with Crippen molar-refractivity contribution < 1.29 is 24.2 Å². The highest BCUT2D eigenvalue weighted by atomic mass is 16.4. The molecule has 7 nitrogen and oxygen atoms in total. The van der Waals surface area contributed by atoms with Crippen LogP contribution in [-0.4, -0.2) is 28.1 Å². The molecule has 1 amide bonds. The maximum Gasteiger partial charge on any atom is 0.340 e. The van der Waals surface area contributed by atoms with E-state index in [0.717, 1.165) is 5.56 Å². The van der Waals surface area contributed by atoms with Gasteiger partial charge >= 0.3 is 11.6 Å². The van der Waals surface area contributed by atoms with E-state index in [4.69, 9.17) is 4.42 Å². The number of fused-ring (bicyclic) bond motifs is 1. The number of aliphatic carboxylic acids is 1. The van der Waals surface area contributed by atoms with Crippen LogP contribution >= 0.6 is 0 Å². The van der Waals surface area contributed by atoms with Crippen LogP contribution in [-0.2, 0) is 16.0 Å². The van der Waals surface area contributed by atoms with Crippen LogP contribution in [0.1, 0.15) is 37.0 Å². The SMILES string of the molecule is Cc1cc(O)c2c(C)c(CC(=O)N[C@@H](CC(C)C)C(=O)O)c(=O)oc2c1. The highest BCUT2D eigenvalue weighted by Crippen LogP contribution is 2.29. The smallest absolute Gasteiger partial charge is 0.340 e. The Bertz CT molecular complexity index is 912. The van der Waals surface area contributed by atoms with Crippen LogP contribution in [0.25, 0.3) is 11.0 Å². The maximum atomic E-state index is 12.3. The summed E-state index contributed by atoms with van der Waals surface area (Å²) in [5, 5.41) is 22.2. The molecule has 1 heterocycles. The lowest BCUT2D eigenvalue weighted by Gasteiger charge is -2.17. The van der Waals surface area contributed by atoms with E-state index in [-0.39, 0.29) is 35.7 Å². The van der Waals surface area contributed by atoms with Crippen molar-refractivity contribution in [3.05, 3.63) is 39.2 Å². The van der Waals surface area contributed by atoms with Crippen molar-refractivity contribution in [2.45, 2.75) is 46.6 Å². The van der Waals surface area contributed by atoms with Crippen LogP contribution in [0, 0.1) is 19.8 Å². The Morgan fingerprint density at radius 2 is 1.88 bits per heavy atom. The lowest BCUT2D eigenvalue weighted by molar-refractivity contribution is -0.142. The minimum Gasteiger partial charge on any atom is -0.507 e. The molecule has 7 heteroatoms. The zero-order chi connectivity index (χ0) is 19.6. The Hall–Kier alpha value is -2.83. The number of amides is 1. The minimum atomic E-state index is -1.12. The highest BCUT2D eigenvalue weighted by molar-refractivity contribution is 5.90. The molecule has 0 spiro atoms. The van der Waals surface area contributed by atoms with Crippen LogP contribution in [0.3, 0.4) is 0 Å². The van der Waals surface area contributed by atoms with Crippen molar-refractivity contribution in [1.29, 1.82) is 0 Å². The molecule has 140 valence electrons. The van der Waals surface area contributed by atoms with Crippen molar-refractivity contribution in [3.63, 3.8) is 0 Å². The number of carbonyl (C=O) groups is 2. The van der Waals surface area contributed by atoms with Crippen LogP contribution < -0.4 is 10.9 Å². The maximum absolute atomic E-state index is 12.3. The lowest BCUT2D eigenvalue weighted by atomic mass is 10.0. The van der Waals surface area contributed by atoms with E-state index in [9.17, 15) is 24.6 Å². The Morgan fingerprint density at radius 1 is 1.23 bits per heavy atom. The summed E-state index contributed by atoms with van der Waals surface area (Å²) >= 11 is 0. The molecule has 26 heavy (non-hydrogen) atoms. The van der Waals surface area contributed by atoms with E-state index in [2.05, 4.69) is 5.32 Å². The number of benzene rings is 1. The second-order valence-corrected chi connectivity index (χ2v) is 6.91. The predicted molar refractivity (Wildman–Crippen MR) is 96.3 cm³/mol. The number of hydrogen-bond donors (Lipinski definition) is 3. The number of phenols is 1. The summed E-state index contributed by atoms with van der Waals surface area (Å²) in [7, 11) is 0. The first-order chi connectivity index (χ1) is 12.1. The Kier molecular flexibility index (Phi) is 5.69. The molecule has 0 bridgehead atoms. The van der Waals surface area contributed by atoms with Gasteiger partial charge in [-0.25, -0.2) is 9.59 Å². The summed E-state index contributed by atoms with van der Waals surface area (Å²) in [6.45, 7) is 7.10. The van der Waals surface area contributed by atoms with E-state index in [0.29, 0.717) is 10.9 Å². The number of carboxylic acids is 1. The van der Waals surface area contributed by atoms with Gasteiger partial charge in [0.1, 0.15) is 17.4 Å².